The highest BCUT2D eigenvalue weighted by molar-refractivity contribution is 6.01. The summed E-state index contributed by atoms with van der Waals surface area (Å²) in [5.41, 5.74) is 6.35. The van der Waals surface area contributed by atoms with Gasteiger partial charge in [-0.2, -0.15) is 0 Å². The lowest BCUT2D eigenvalue weighted by Gasteiger charge is -2.32. The lowest BCUT2D eigenvalue weighted by Crippen LogP contribution is -2.48. The van der Waals surface area contributed by atoms with Gasteiger partial charge < -0.3 is 21.2 Å². The van der Waals surface area contributed by atoms with Crippen molar-refractivity contribution in [3.63, 3.8) is 0 Å². The van der Waals surface area contributed by atoms with E-state index >= 15 is 0 Å². The van der Waals surface area contributed by atoms with Gasteiger partial charge in [0, 0.05) is 23.2 Å². The number of hydrogen-bond acceptors (Lipinski definition) is 4. The van der Waals surface area contributed by atoms with Crippen LogP contribution >= 0.6 is 0 Å². The Morgan fingerprint density at radius 1 is 1.40 bits per heavy atom. The molecule has 110 valence electrons. The van der Waals surface area contributed by atoms with Crippen molar-refractivity contribution < 1.29 is 10.0 Å². The van der Waals surface area contributed by atoms with Crippen LogP contribution in [0.4, 0.5) is 0 Å². The molecule has 4 N–H and O–H groups in total. The zero-order valence-electron chi connectivity index (χ0n) is 12.3. The second kappa shape index (κ2) is 6.38. The van der Waals surface area contributed by atoms with Crippen molar-refractivity contribution in [2.75, 3.05) is 20.6 Å². The standard InChI is InChI=1S/C14H22N4O2/c1-14(2,18(3)4)9-16-13(19)11-7-5-6-10(8-11)12(15)17-20/h5-8,20H,9H2,1-4H3,(H2,15,17)(H,16,19). The van der Waals surface area contributed by atoms with Gasteiger partial charge in [0.15, 0.2) is 5.84 Å². The molecule has 1 rings (SSSR count). The maximum atomic E-state index is 12.1. The lowest BCUT2D eigenvalue weighted by atomic mass is 10.0. The third-order valence-corrected chi connectivity index (χ3v) is 3.42. The number of amidine groups is 1. The molecule has 0 saturated heterocycles. The van der Waals surface area contributed by atoms with Gasteiger partial charge in [-0.05, 0) is 40.1 Å². The molecule has 0 heterocycles. The molecule has 0 aliphatic carbocycles. The number of amides is 1. The summed E-state index contributed by atoms with van der Waals surface area (Å²) in [6, 6.07) is 6.65. The van der Waals surface area contributed by atoms with E-state index < -0.39 is 0 Å². The van der Waals surface area contributed by atoms with Crippen LogP contribution in [0.15, 0.2) is 29.4 Å². The normalized spacial score (nSPS) is 12.6. The third kappa shape index (κ3) is 3.96. The smallest absolute Gasteiger partial charge is 0.251 e. The van der Waals surface area contributed by atoms with E-state index in [0.717, 1.165) is 0 Å². The van der Waals surface area contributed by atoms with Gasteiger partial charge in [0.2, 0.25) is 0 Å². The van der Waals surface area contributed by atoms with E-state index in [1.165, 1.54) is 0 Å². The molecule has 0 atom stereocenters. The number of rotatable bonds is 5. The predicted octanol–water partition coefficient (Wildman–Crippen LogP) is 0.851. The topological polar surface area (TPSA) is 91.0 Å². The maximum absolute atomic E-state index is 12.1. The summed E-state index contributed by atoms with van der Waals surface area (Å²) in [6.07, 6.45) is 0. The van der Waals surface area contributed by atoms with Crippen LogP contribution in [0, 0.1) is 0 Å². The number of benzene rings is 1. The summed E-state index contributed by atoms with van der Waals surface area (Å²) in [5.74, 6) is -0.208. The van der Waals surface area contributed by atoms with Crippen LogP contribution in [0.1, 0.15) is 29.8 Å². The van der Waals surface area contributed by atoms with Gasteiger partial charge in [0.05, 0.1) is 0 Å². The zero-order valence-corrected chi connectivity index (χ0v) is 12.3. The molecule has 20 heavy (non-hydrogen) atoms. The average Bonchev–Trinajstić information content (AvgIpc) is 2.43. The molecular weight excluding hydrogens is 256 g/mol. The van der Waals surface area contributed by atoms with E-state index in [-0.39, 0.29) is 17.3 Å². The number of carbonyl (C=O) groups excluding carboxylic acids is 1. The first-order chi connectivity index (χ1) is 9.27. The number of nitrogens with one attached hydrogen (secondary N) is 1. The van der Waals surface area contributed by atoms with Crippen molar-refractivity contribution in [2.45, 2.75) is 19.4 Å². The van der Waals surface area contributed by atoms with Gasteiger partial charge >= 0.3 is 0 Å². The summed E-state index contributed by atoms with van der Waals surface area (Å²) in [4.78, 5) is 14.1. The van der Waals surface area contributed by atoms with Crippen LogP contribution < -0.4 is 11.1 Å². The van der Waals surface area contributed by atoms with Crippen molar-refractivity contribution >= 4 is 11.7 Å². The molecule has 6 nitrogen and oxygen atoms in total. The van der Waals surface area contributed by atoms with E-state index in [0.29, 0.717) is 17.7 Å². The summed E-state index contributed by atoms with van der Waals surface area (Å²) in [7, 11) is 3.93. The Morgan fingerprint density at radius 3 is 2.55 bits per heavy atom. The first-order valence-electron chi connectivity index (χ1n) is 6.31. The number of oxime groups is 1. The molecule has 0 aliphatic heterocycles. The quantitative estimate of drug-likeness (QED) is 0.322. The SMILES string of the molecule is CN(C)C(C)(C)CNC(=O)c1cccc(C(N)=NO)c1. The Bertz CT molecular complexity index is 510. The molecule has 1 aromatic rings. The monoisotopic (exact) mass is 278 g/mol. The summed E-state index contributed by atoms with van der Waals surface area (Å²) in [5, 5.41) is 14.5. The molecule has 1 aromatic carbocycles. The molecule has 0 bridgehead atoms. The van der Waals surface area contributed by atoms with E-state index in [2.05, 4.69) is 10.5 Å². The zero-order chi connectivity index (χ0) is 15.3. The average molecular weight is 278 g/mol. The van der Waals surface area contributed by atoms with Crippen LogP contribution in [0.5, 0.6) is 0 Å². The van der Waals surface area contributed by atoms with Crippen molar-refractivity contribution in [3.05, 3.63) is 35.4 Å². The fraction of sp³-hybridized carbons (Fsp3) is 0.429. The fourth-order valence-corrected chi connectivity index (χ4v) is 1.43. The van der Waals surface area contributed by atoms with Crippen LogP contribution in [0.25, 0.3) is 0 Å². The van der Waals surface area contributed by atoms with E-state index in [9.17, 15) is 4.79 Å². The second-order valence-corrected chi connectivity index (χ2v) is 5.46. The van der Waals surface area contributed by atoms with Gasteiger partial charge in [-0.1, -0.05) is 17.3 Å². The number of nitrogens with zero attached hydrogens (tertiary/aromatic N) is 2. The molecule has 0 unspecified atom stereocenters. The van der Waals surface area contributed by atoms with Crippen LogP contribution in [-0.4, -0.2) is 48.0 Å². The molecule has 0 spiro atoms. The predicted molar refractivity (Wildman–Crippen MR) is 79.1 cm³/mol. The van der Waals surface area contributed by atoms with Gasteiger partial charge in [-0.25, -0.2) is 0 Å². The largest absolute Gasteiger partial charge is 0.409 e. The number of likely N-dealkylation sites (N-methyl/N-ethyl adjacent to an activating group) is 1. The van der Waals surface area contributed by atoms with Gasteiger partial charge in [0.1, 0.15) is 0 Å². The maximum Gasteiger partial charge on any atom is 0.251 e. The van der Waals surface area contributed by atoms with Crippen molar-refractivity contribution in [1.29, 1.82) is 0 Å². The minimum Gasteiger partial charge on any atom is -0.409 e. The molecule has 1 amide bonds. The van der Waals surface area contributed by atoms with Crippen LogP contribution in [0.3, 0.4) is 0 Å². The highest BCUT2D eigenvalue weighted by Crippen LogP contribution is 2.09. The Labute approximate surface area is 119 Å². The van der Waals surface area contributed by atoms with Gasteiger partial charge in [-0.15, -0.1) is 0 Å². The van der Waals surface area contributed by atoms with E-state index in [4.69, 9.17) is 10.9 Å². The molecule has 0 aromatic heterocycles. The molecular formula is C14H22N4O2. The molecule has 0 fully saturated rings. The highest BCUT2D eigenvalue weighted by Gasteiger charge is 2.21. The number of carbonyl (C=O) groups is 1. The minimum atomic E-state index is -0.187. The van der Waals surface area contributed by atoms with Crippen LogP contribution in [-0.2, 0) is 0 Å². The fourth-order valence-electron chi connectivity index (χ4n) is 1.43. The Balaban J connectivity index is 2.79. The first kappa shape index (κ1) is 16.0. The highest BCUT2D eigenvalue weighted by atomic mass is 16.4. The molecule has 0 saturated carbocycles. The third-order valence-electron chi connectivity index (χ3n) is 3.42. The molecule has 0 radical (unpaired) electrons. The number of hydrogen-bond donors (Lipinski definition) is 3. The van der Waals surface area contributed by atoms with Gasteiger partial charge in [-0.3, -0.25) is 4.79 Å². The molecule has 0 aliphatic rings. The van der Waals surface area contributed by atoms with Gasteiger partial charge in [0.25, 0.3) is 5.91 Å². The Hall–Kier alpha value is -2.08. The number of nitrogens with two attached hydrogens (primary N) is 1. The first-order valence-corrected chi connectivity index (χ1v) is 6.31. The van der Waals surface area contributed by atoms with Crippen molar-refractivity contribution in [1.82, 2.24) is 10.2 Å². The van der Waals surface area contributed by atoms with Crippen molar-refractivity contribution in [3.8, 4) is 0 Å². The summed E-state index contributed by atoms with van der Waals surface area (Å²) >= 11 is 0. The van der Waals surface area contributed by atoms with Crippen molar-refractivity contribution in [2.24, 2.45) is 10.9 Å². The summed E-state index contributed by atoms with van der Waals surface area (Å²) in [6.45, 7) is 4.60. The molecule has 6 heteroatoms. The summed E-state index contributed by atoms with van der Waals surface area (Å²) < 4.78 is 0. The van der Waals surface area contributed by atoms with E-state index in [1.54, 1.807) is 24.3 Å². The second-order valence-electron chi connectivity index (χ2n) is 5.46. The Kier molecular flexibility index (Phi) is 5.10. The lowest BCUT2D eigenvalue weighted by molar-refractivity contribution is 0.0919. The van der Waals surface area contributed by atoms with Crippen LogP contribution in [0.2, 0.25) is 0 Å². The van der Waals surface area contributed by atoms with E-state index in [1.807, 2.05) is 32.8 Å². The minimum absolute atomic E-state index is 0.0201. The Morgan fingerprint density at radius 2 is 2.00 bits per heavy atom.